The van der Waals surface area contributed by atoms with Crippen LogP contribution in [-0.4, -0.2) is 140 Å². The second kappa shape index (κ2) is 21.0. The monoisotopic (exact) mass is 880 g/mol. The van der Waals surface area contributed by atoms with Crippen molar-refractivity contribution in [2.75, 3.05) is 13.7 Å². The van der Waals surface area contributed by atoms with Crippen LogP contribution in [0.15, 0.2) is 23.8 Å². The first-order chi connectivity index (χ1) is 28.9. The van der Waals surface area contributed by atoms with Gasteiger partial charge in [-0.25, -0.2) is 9.59 Å². The second-order valence-electron chi connectivity index (χ2n) is 18.5. The number of carbonyl (C=O) groups excluding carboxylic acids is 4. The maximum Gasteiger partial charge on any atom is 0.385 e. The molecule has 3 fully saturated rings. The summed E-state index contributed by atoms with van der Waals surface area (Å²) < 4.78 is 41.3. The molecule has 0 aliphatic carbocycles. The Bertz CT molecular complexity index is 1710. The Morgan fingerprint density at radius 2 is 1.68 bits per heavy atom. The topological polar surface area (TPSA) is 254 Å². The summed E-state index contributed by atoms with van der Waals surface area (Å²) in [5, 5.41) is 69.3. The molecule has 4 heterocycles. The molecule has 3 saturated heterocycles. The highest BCUT2D eigenvalue weighted by atomic mass is 16.7. The third kappa shape index (κ3) is 12.6. The average Bonchev–Trinajstić information content (AvgIpc) is 3.16. The van der Waals surface area contributed by atoms with Crippen molar-refractivity contribution in [2.24, 2.45) is 10.8 Å². The maximum absolute atomic E-state index is 13.4. The van der Waals surface area contributed by atoms with Crippen molar-refractivity contribution in [1.82, 2.24) is 0 Å². The van der Waals surface area contributed by atoms with Crippen molar-refractivity contribution in [2.45, 2.75) is 198 Å². The van der Waals surface area contributed by atoms with Crippen molar-refractivity contribution < 1.29 is 83.0 Å². The molecule has 4 rings (SSSR count). The van der Waals surface area contributed by atoms with Crippen LogP contribution in [-0.2, 0) is 52.3 Å². The minimum Gasteiger partial charge on any atom is -0.466 e. The molecule has 12 atom stereocenters. The van der Waals surface area contributed by atoms with E-state index in [0.29, 0.717) is 6.42 Å². The fraction of sp³-hybridized carbons (Fsp3) is 0.778. The number of unbranched alkanes of at least 4 members (excludes halogenated alkanes) is 3. The van der Waals surface area contributed by atoms with E-state index in [1.165, 1.54) is 26.0 Å². The van der Waals surface area contributed by atoms with Gasteiger partial charge in [-0.05, 0) is 25.3 Å². The first kappa shape index (κ1) is 51.2. The van der Waals surface area contributed by atoms with E-state index in [9.17, 15) is 49.8 Å². The Morgan fingerprint density at radius 3 is 2.31 bits per heavy atom. The number of ether oxygens (including phenoxy) is 7. The molecule has 0 aromatic rings. The molecular weight excluding hydrogens is 812 g/mol. The molecule has 0 saturated carbocycles. The number of cyclic esters (lactones) is 1. The molecule has 0 aromatic carbocycles. The highest BCUT2D eigenvalue weighted by Gasteiger charge is 2.60. The quantitative estimate of drug-likeness (QED) is 0.0390. The number of carbonyl (C=O) groups is 4. The summed E-state index contributed by atoms with van der Waals surface area (Å²) in [6, 6.07) is 0. The Morgan fingerprint density at radius 1 is 0.968 bits per heavy atom. The molecule has 6 N–H and O–H groups in total. The molecule has 6 bridgehead atoms. The Labute approximate surface area is 364 Å². The van der Waals surface area contributed by atoms with Crippen LogP contribution in [0.25, 0.3) is 0 Å². The summed E-state index contributed by atoms with van der Waals surface area (Å²) >= 11 is 0. The molecule has 0 amide bonds. The van der Waals surface area contributed by atoms with Gasteiger partial charge >= 0.3 is 23.9 Å². The second-order valence-corrected chi connectivity index (χ2v) is 18.5. The van der Waals surface area contributed by atoms with Crippen molar-refractivity contribution in [3.8, 4) is 11.8 Å². The summed E-state index contributed by atoms with van der Waals surface area (Å²) in [7, 11) is 1.15. The summed E-state index contributed by atoms with van der Waals surface area (Å²) in [6.45, 7) is 10.4. The first-order valence-corrected chi connectivity index (χ1v) is 21.6. The van der Waals surface area contributed by atoms with Gasteiger partial charge in [-0.2, -0.15) is 0 Å². The zero-order valence-electron chi connectivity index (χ0n) is 37.3. The van der Waals surface area contributed by atoms with Crippen molar-refractivity contribution in [3.05, 3.63) is 23.8 Å². The summed E-state index contributed by atoms with van der Waals surface area (Å²) in [5.74, 6) is -2.76. The van der Waals surface area contributed by atoms with Gasteiger partial charge in [-0.3, -0.25) is 9.59 Å². The minimum absolute atomic E-state index is 0.0506. The fourth-order valence-corrected chi connectivity index (χ4v) is 8.71. The van der Waals surface area contributed by atoms with Crippen LogP contribution in [0.4, 0.5) is 0 Å². The van der Waals surface area contributed by atoms with Gasteiger partial charge in [0.1, 0.15) is 12.2 Å². The minimum atomic E-state index is -2.51. The normalized spacial score (nSPS) is 37.9. The number of methoxy groups -OCH3 is 1. The van der Waals surface area contributed by atoms with Crippen molar-refractivity contribution >= 4 is 23.9 Å². The lowest BCUT2D eigenvalue weighted by atomic mass is 9.70. The molecule has 350 valence electrons. The Balaban J connectivity index is 1.86. The van der Waals surface area contributed by atoms with E-state index in [4.69, 9.17) is 33.2 Å². The molecule has 17 nitrogen and oxygen atoms in total. The number of esters is 4. The lowest BCUT2D eigenvalue weighted by Crippen LogP contribution is -2.63. The largest absolute Gasteiger partial charge is 0.466 e. The van der Waals surface area contributed by atoms with Gasteiger partial charge < -0.3 is 63.8 Å². The number of aliphatic hydroxyl groups is 6. The van der Waals surface area contributed by atoms with Crippen LogP contribution < -0.4 is 0 Å². The van der Waals surface area contributed by atoms with Gasteiger partial charge in [0.25, 0.3) is 0 Å². The van der Waals surface area contributed by atoms with Gasteiger partial charge in [0, 0.05) is 69.3 Å². The van der Waals surface area contributed by atoms with Crippen LogP contribution in [0.2, 0.25) is 0 Å². The highest BCUT2D eigenvalue weighted by molar-refractivity contribution is 5.89. The zero-order valence-corrected chi connectivity index (χ0v) is 37.3. The predicted molar refractivity (Wildman–Crippen MR) is 219 cm³/mol. The van der Waals surface area contributed by atoms with Gasteiger partial charge in [0.15, 0.2) is 11.9 Å². The number of aliphatic hydroxyl groups excluding tert-OH is 3. The number of rotatable bonds is 8. The molecule has 0 spiro atoms. The lowest BCUT2D eigenvalue weighted by molar-refractivity contribution is -0.351. The van der Waals surface area contributed by atoms with Crippen LogP contribution in [0, 0.1) is 22.7 Å². The van der Waals surface area contributed by atoms with Crippen LogP contribution in [0.1, 0.15) is 126 Å². The van der Waals surface area contributed by atoms with E-state index in [2.05, 4.69) is 11.8 Å². The van der Waals surface area contributed by atoms with E-state index in [-0.39, 0.29) is 50.5 Å². The fourth-order valence-electron chi connectivity index (χ4n) is 8.71. The van der Waals surface area contributed by atoms with Gasteiger partial charge in [-0.1, -0.05) is 65.5 Å². The smallest absolute Gasteiger partial charge is 0.385 e. The van der Waals surface area contributed by atoms with E-state index < -0.39 is 120 Å². The van der Waals surface area contributed by atoms with Crippen molar-refractivity contribution in [3.63, 3.8) is 0 Å². The summed E-state index contributed by atoms with van der Waals surface area (Å²) in [6.07, 6.45) is -5.10. The third-order valence-electron chi connectivity index (χ3n) is 12.5. The molecular formula is C45H68O17. The van der Waals surface area contributed by atoms with Crippen LogP contribution in [0.3, 0.4) is 0 Å². The maximum atomic E-state index is 13.4. The van der Waals surface area contributed by atoms with Crippen LogP contribution in [0.5, 0.6) is 0 Å². The number of hydrogen-bond acceptors (Lipinski definition) is 17. The van der Waals surface area contributed by atoms with E-state index >= 15 is 0 Å². The number of fused-ring (bicyclic) bond motifs is 6. The van der Waals surface area contributed by atoms with E-state index in [0.717, 1.165) is 32.4 Å². The third-order valence-corrected chi connectivity index (χ3v) is 12.5. The molecule has 17 heteroatoms. The standard InChI is InChI=1S/C45H68O17/c1-9-10-11-12-13-14-37(50)60-40-29(18-38(51)56-8)17-32-21-35(27(2)47)59-39(52)20-30(49)19-33-22-36(57-28(3)48)42(6,7)44(54,61-33)25-34-24-43(53,26-46)23-31(58-34)15-16-41(4,5)45(40,55)62-32/h15-16,18,27,30-36,40,46-47,49,53-55H,9-12,17,19-26H2,1-8H3/b16-15+,29-18+/t27-,30-,31+,32+,33-,34+,35-,36+,40+,43-,44+,45-/m1/s1. The van der Waals surface area contributed by atoms with Gasteiger partial charge in [0.05, 0.1) is 67.8 Å². The number of hydrogen-bond donors (Lipinski definition) is 6. The summed E-state index contributed by atoms with van der Waals surface area (Å²) in [4.78, 5) is 51.8. The molecule has 0 radical (unpaired) electrons. The van der Waals surface area contributed by atoms with E-state index in [1.807, 2.05) is 6.92 Å². The molecule has 4 aliphatic rings. The van der Waals surface area contributed by atoms with Crippen molar-refractivity contribution in [1.29, 1.82) is 0 Å². The van der Waals surface area contributed by atoms with Gasteiger partial charge in [-0.15, -0.1) is 0 Å². The lowest BCUT2D eigenvalue weighted by Gasteiger charge is -2.54. The van der Waals surface area contributed by atoms with Gasteiger partial charge in [0.2, 0.25) is 5.79 Å². The zero-order chi connectivity index (χ0) is 46.3. The highest BCUT2D eigenvalue weighted by Crippen LogP contribution is 2.50. The molecule has 62 heavy (non-hydrogen) atoms. The van der Waals surface area contributed by atoms with Crippen LogP contribution >= 0.6 is 0 Å². The molecule has 0 aromatic heterocycles. The predicted octanol–water partition coefficient (Wildman–Crippen LogP) is 2.58. The SMILES string of the molecule is CCCCCC#CC(=O)O[C@H]1/C(=C/C(=O)OC)C[C@H]2C[C@H]([C@@H](C)O)OC(=O)C[C@H](O)C[C@@H]3C[C@H](OC(C)=O)C(C)(C)[C@](O)(C[C@@H]4C[C@@](O)(CO)C[C@H](/C=C/C(C)(C)[C@]1(O)O2)O4)O3. The molecule has 4 aliphatic heterocycles. The Hall–Kier alpha value is -3.44. The summed E-state index contributed by atoms with van der Waals surface area (Å²) in [5.41, 5.74) is -4.49. The van der Waals surface area contributed by atoms with E-state index in [1.54, 1.807) is 27.7 Å². The Kier molecular flexibility index (Phi) is 17.4. The average molecular weight is 881 g/mol. The first-order valence-electron chi connectivity index (χ1n) is 21.6. The molecule has 0 unspecified atom stereocenters.